The first-order valence-electron chi connectivity index (χ1n) is 10.8. The van der Waals surface area contributed by atoms with Gasteiger partial charge in [0.15, 0.2) is 13.6 Å². The smallest absolute Gasteiger partial charge is 0.189 e. The largest absolute Gasteiger partial charge is 0.467 e. The fraction of sp³-hybridized carbons (Fsp3) is 0.500. The van der Waals surface area contributed by atoms with E-state index in [2.05, 4.69) is 29.7 Å². The van der Waals surface area contributed by atoms with E-state index in [0.29, 0.717) is 19.3 Å². The van der Waals surface area contributed by atoms with Crippen LogP contribution in [0.3, 0.4) is 0 Å². The molecule has 2 rings (SSSR count). The second-order valence-electron chi connectivity index (χ2n) is 6.84. The molecule has 166 valence electrons. The maximum Gasteiger partial charge on any atom is 0.189 e. The van der Waals surface area contributed by atoms with Crippen LogP contribution in [-0.2, 0) is 22.6 Å². The first-order valence-corrected chi connectivity index (χ1v) is 10.8. The molecule has 30 heavy (non-hydrogen) atoms. The van der Waals surface area contributed by atoms with E-state index < -0.39 is 0 Å². The van der Waals surface area contributed by atoms with Crippen LogP contribution in [0.15, 0.2) is 48.5 Å². The predicted octanol–water partition coefficient (Wildman–Crippen LogP) is 4.09. The molecule has 2 aromatic rings. The Kier molecular flexibility index (Phi) is 11.9. The Labute approximate surface area is 180 Å². The minimum Gasteiger partial charge on any atom is -0.467 e. The van der Waals surface area contributed by atoms with Crippen molar-refractivity contribution in [2.75, 3.05) is 33.3 Å². The molecule has 0 spiro atoms. The molecule has 0 aliphatic carbocycles. The molecule has 0 amide bonds. The molecule has 6 heteroatoms. The second kappa shape index (κ2) is 14.8. The quantitative estimate of drug-likeness (QED) is 0.317. The molecule has 1 atom stereocenters. The summed E-state index contributed by atoms with van der Waals surface area (Å²) < 4.78 is 22.1. The summed E-state index contributed by atoms with van der Waals surface area (Å²) in [6, 6.07) is 16.5. The lowest BCUT2D eigenvalue weighted by molar-refractivity contribution is 0.0215. The van der Waals surface area contributed by atoms with E-state index in [1.54, 1.807) is 0 Å². The van der Waals surface area contributed by atoms with Gasteiger partial charge in [-0.1, -0.05) is 43.3 Å². The third kappa shape index (κ3) is 8.71. The van der Waals surface area contributed by atoms with Crippen molar-refractivity contribution < 1.29 is 18.9 Å². The van der Waals surface area contributed by atoms with E-state index >= 15 is 0 Å². The van der Waals surface area contributed by atoms with Crippen LogP contribution in [0.2, 0.25) is 0 Å². The van der Waals surface area contributed by atoms with E-state index in [1.807, 2.05) is 50.2 Å². The van der Waals surface area contributed by atoms with Crippen LogP contribution in [0.5, 0.6) is 11.5 Å². The Bertz CT molecular complexity index is 711. The van der Waals surface area contributed by atoms with Crippen LogP contribution in [0, 0.1) is 0 Å². The van der Waals surface area contributed by atoms with Crippen LogP contribution in [0.25, 0.3) is 0 Å². The molecule has 0 heterocycles. The lowest BCUT2D eigenvalue weighted by Crippen LogP contribution is -2.37. The number of benzene rings is 2. The highest BCUT2D eigenvalue weighted by Crippen LogP contribution is 2.19. The lowest BCUT2D eigenvalue weighted by atomic mass is 10.1. The Morgan fingerprint density at radius 2 is 1.27 bits per heavy atom. The van der Waals surface area contributed by atoms with Gasteiger partial charge in [-0.15, -0.1) is 0 Å². The van der Waals surface area contributed by atoms with Crippen molar-refractivity contribution in [3.63, 3.8) is 0 Å². The van der Waals surface area contributed by atoms with E-state index in [9.17, 15) is 0 Å². The van der Waals surface area contributed by atoms with Gasteiger partial charge in [0.25, 0.3) is 0 Å². The Balaban J connectivity index is 1.81. The summed E-state index contributed by atoms with van der Waals surface area (Å²) in [4.78, 5) is 0. The third-order valence-corrected chi connectivity index (χ3v) is 4.73. The summed E-state index contributed by atoms with van der Waals surface area (Å²) in [5.74, 6) is 1.72. The number of nitrogens with one attached hydrogen (secondary N) is 2. The molecule has 6 nitrogen and oxygen atoms in total. The molecule has 0 aliphatic rings. The van der Waals surface area contributed by atoms with Crippen molar-refractivity contribution in [3.8, 4) is 11.5 Å². The molecule has 0 radical (unpaired) electrons. The van der Waals surface area contributed by atoms with Crippen LogP contribution >= 0.6 is 0 Å². The van der Waals surface area contributed by atoms with Crippen molar-refractivity contribution in [2.24, 2.45) is 0 Å². The van der Waals surface area contributed by atoms with Crippen molar-refractivity contribution in [1.29, 1.82) is 0 Å². The van der Waals surface area contributed by atoms with Gasteiger partial charge in [-0.2, -0.15) is 0 Å². The minimum absolute atomic E-state index is 0.275. The average Bonchev–Trinajstić information content (AvgIpc) is 2.78. The van der Waals surface area contributed by atoms with Gasteiger partial charge in [-0.3, -0.25) is 0 Å². The first-order chi connectivity index (χ1) is 14.8. The highest BCUT2D eigenvalue weighted by atomic mass is 16.7. The van der Waals surface area contributed by atoms with Gasteiger partial charge in [-0.05, 0) is 32.4 Å². The summed E-state index contributed by atoms with van der Waals surface area (Å²) in [5.41, 5.74) is 2.26. The number of para-hydroxylation sites is 2. The zero-order valence-electron chi connectivity index (χ0n) is 18.5. The minimum atomic E-state index is 0.275. The van der Waals surface area contributed by atoms with E-state index in [1.165, 1.54) is 0 Å². The Morgan fingerprint density at radius 3 is 1.80 bits per heavy atom. The van der Waals surface area contributed by atoms with Crippen molar-refractivity contribution in [3.05, 3.63) is 59.7 Å². The maximum atomic E-state index is 5.73. The molecule has 0 aromatic heterocycles. The standard InChI is InChI=1S/C24H36N2O4/c1-4-22(26-16-21-12-8-10-14-24(21)30-19-28-6-3)17-25-15-20-11-7-9-13-23(20)29-18-27-5-2/h7-14,22,25-26H,4-6,15-19H2,1-3H3. The molecule has 2 N–H and O–H groups in total. The van der Waals surface area contributed by atoms with Crippen molar-refractivity contribution in [1.82, 2.24) is 10.6 Å². The van der Waals surface area contributed by atoms with Crippen LogP contribution in [0.4, 0.5) is 0 Å². The Hall–Kier alpha value is -2.12. The average molecular weight is 417 g/mol. The van der Waals surface area contributed by atoms with E-state index in [0.717, 1.165) is 48.7 Å². The van der Waals surface area contributed by atoms with Crippen molar-refractivity contribution in [2.45, 2.75) is 46.3 Å². The fourth-order valence-corrected chi connectivity index (χ4v) is 2.95. The summed E-state index contributed by atoms with van der Waals surface area (Å²) in [6.07, 6.45) is 1.03. The van der Waals surface area contributed by atoms with Gasteiger partial charge >= 0.3 is 0 Å². The second-order valence-corrected chi connectivity index (χ2v) is 6.84. The molecular formula is C24H36N2O4. The monoisotopic (exact) mass is 416 g/mol. The van der Waals surface area contributed by atoms with Crippen LogP contribution in [0.1, 0.15) is 38.3 Å². The van der Waals surface area contributed by atoms with Gasteiger partial charge in [-0.25, -0.2) is 0 Å². The summed E-state index contributed by atoms with van der Waals surface area (Å²) in [5, 5.41) is 7.17. The number of rotatable bonds is 16. The summed E-state index contributed by atoms with van der Waals surface area (Å²) >= 11 is 0. The molecule has 0 aliphatic heterocycles. The molecule has 0 fully saturated rings. The number of hydrogen-bond donors (Lipinski definition) is 2. The normalized spacial score (nSPS) is 12.0. The van der Waals surface area contributed by atoms with Gasteiger partial charge in [0.2, 0.25) is 0 Å². The molecule has 0 saturated heterocycles. The molecular weight excluding hydrogens is 380 g/mol. The fourth-order valence-electron chi connectivity index (χ4n) is 2.95. The van der Waals surface area contributed by atoms with Gasteiger partial charge in [0.05, 0.1) is 0 Å². The molecule has 2 aromatic carbocycles. The summed E-state index contributed by atoms with van der Waals surface area (Å²) in [7, 11) is 0. The summed E-state index contributed by atoms with van der Waals surface area (Å²) in [6.45, 7) is 10.3. The number of ether oxygens (including phenoxy) is 4. The van der Waals surface area contributed by atoms with Crippen LogP contribution in [-0.4, -0.2) is 39.4 Å². The van der Waals surface area contributed by atoms with Gasteiger partial charge in [0, 0.05) is 50.0 Å². The highest BCUT2D eigenvalue weighted by Gasteiger charge is 2.09. The van der Waals surface area contributed by atoms with Crippen LogP contribution < -0.4 is 20.1 Å². The van der Waals surface area contributed by atoms with Gasteiger partial charge < -0.3 is 29.6 Å². The van der Waals surface area contributed by atoms with E-state index in [-0.39, 0.29) is 13.6 Å². The van der Waals surface area contributed by atoms with Gasteiger partial charge in [0.1, 0.15) is 11.5 Å². The number of hydrogen-bond acceptors (Lipinski definition) is 6. The maximum absolute atomic E-state index is 5.73. The Morgan fingerprint density at radius 1 is 0.733 bits per heavy atom. The zero-order valence-corrected chi connectivity index (χ0v) is 18.5. The first kappa shape index (κ1) is 24.2. The van der Waals surface area contributed by atoms with E-state index in [4.69, 9.17) is 18.9 Å². The lowest BCUT2D eigenvalue weighted by Gasteiger charge is -2.20. The van der Waals surface area contributed by atoms with Crippen molar-refractivity contribution >= 4 is 0 Å². The molecule has 0 bridgehead atoms. The molecule has 0 saturated carbocycles. The molecule has 1 unspecified atom stereocenters. The highest BCUT2D eigenvalue weighted by molar-refractivity contribution is 5.34. The third-order valence-electron chi connectivity index (χ3n) is 4.73. The predicted molar refractivity (Wildman–Crippen MR) is 120 cm³/mol. The zero-order chi connectivity index (χ0) is 21.4. The SMILES string of the molecule is CCOCOc1ccccc1CNCC(CC)NCc1ccccc1OCOCC. The topological polar surface area (TPSA) is 61.0 Å².